The molecule has 4 atom stereocenters. The van der Waals surface area contributed by atoms with E-state index >= 15 is 0 Å². The van der Waals surface area contributed by atoms with Gasteiger partial charge in [0.1, 0.15) is 12.1 Å². The third kappa shape index (κ3) is 3.28. The molecule has 1 aromatic carbocycles. The minimum absolute atomic E-state index is 0.00126. The van der Waals surface area contributed by atoms with Gasteiger partial charge in [-0.1, -0.05) is 24.3 Å². The van der Waals surface area contributed by atoms with Crippen LogP contribution in [0.2, 0.25) is 0 Å². The van der Waals surface area contributed by atoms with Crippen LogP contribution < -0.4 is 5.32 Å². The molecule has 134 valence electrons. The highest BCUT2D eigenvalue weighted by Crippen LogP contribution is 2.23. The van der Waals surface area contributed by atoms with Gasteiger partial charge in [0.15, 0.2) is 0 Å². The summed E-state index contributed by atoms with van der Waals surface area (Å²) in [6.07, 6.45) is 1.12. The van der Waals surface area contributed by atoms with Crippen molar-refractivity contribution >= 4 is 11.8 Å². The maximum absolute atomic E-state index is 12.7. The Morgan fingerprint density at radius 2 is 1.80 bits per heavy atom. The van der Waals surface area contributed by atoms with Crippen molar-refractivity contribution in [3.63, 3.8) is 0 Å². The minimum atomic E-state index is -0.486. The van der Waals surface area contributed by atoms with Crippen molar-refractivity contribution in [3.05, 3.63) is 35.4 Å². The Bertz CT molecular complexity index is 648. The van der Waals surface area contributed by atoms with E-state index in [0.29, 0.717) is 13.1 Å². The quantitative estimate of drug-likeness (QED) is 0.865. The first-order chi connectivity index (χ1) is 12.1. The Hall–Kier alpha value is -1.92. The van der Waals surface area contributed by atoms with Crippen LogP contribution in [0.15, 0.2) is 24.3 Å². The lowest BCUT2D eigenvalue weighted by Crippen LogP contribution is -2.59. The zero-order valence-electron chi connectivity index (χ0n) is 14.8. The van der Waals surface area contributed by atoms with Crippen LogP contribution in [0.1, 0.15) is 24.5 Å². The van der Waals surface area contributed by atoms with Gasteiger partial charge in [0.2, 0.25) is 11.8 Å². The molecule has 0 radical (unpaired) electrons. The molecule has 4 aliphatic rings. The van der Waals surface area contributed by atoms with Gasteiger partial charge >= 0.3 is 0 Å². The molecule has 1 N–H and O–H groups in total. The molecule has 3 saturated heterocycles. The zero-order valence-corrected chi connectivity index (χ0v) is 14.8. The van der Waals surface area contributed by atoms with Gasteiger partial charge in [-0.2, -0.15) is 0 Å². The largest absolute Gasteiger partial charge is 0.343 e. The van der Waals surface area contributed by atoms with Crippen molar-refractivity contribution in [3.8, 4) is 0 Å². The number of fused-ring (bicyclic) bond motifs is 5. The molecule has 0 aromatic heterocycles. The van der Waals surface area contributed by atoms with E-state index in [0.717, 1.165) is 39.1 Å². The van der Waals surface area contributed by atoms with Crippen LogP contribution in [0.3, 0.4) is 0 Å². The summed E-state index contributed by atoms with van der Waals surface area (Å²) in [5.74, 6) is -0.0113. The van der Waals surface area contributed by atoms with E-state index in [1.54, 1.807) is 6.92 Å². The van der Waals surface area contributed by atoms with Crippen molar-refractivity contribution in [2.45, 2.75) is 38.5 Å². The molecule has 25 heavy (non-hydrogen) atoms. The summed E-state index contributed by atoms with van der Waals surface area (Å²) in [6, 6.07) is 7.53. The number of carbonyl (C=O) groups excluding carboxylic acids is 2. The Morgan fingerprint density at radius 1 is 1.08 bits per heavy atom. The number of nitrogens with one attached hydrogen (secondary N) is 1. The van der Waals surface area contributed by atoms with Crippen molar-refractivity contribution in [1.29, 1.82) is 0 Å². The summed E-state index contributed by atoms with van der Waals surface area (Å²) in [7, 11) is 0. The van der Waals surface area contributed by atoms with E-state index in [1.807, 2.05) is 17.0 Å². The fourth-order valence-electron chi connectivity index (χ4n) is 4.23. The third-order valence-corrected chi connectivity index (χ3v) is 5.68. The van der Waals surface area contributed by atoms with Gasteiger partial charge in [0.05, 0.1) is 0 Å². The molecule has 6 nitrogen and oxygen atoms in total. The second-order valence-corrected chi connectivity index (χ2v) is 7.40. The van der Waals surface area contributed by atoms with E-state index in [2.05, 4.69) is 27.2 Å². The number of rotatable bonds is 3. The van der Waals surface area contributed by atoms with Gasteiger partial charge < -0.3 is 10.2 Å². The number of carbonyl (C=O) groups is 2. The standard InChI is InChI=1S/C19H26N4O2/c1-14(19(25)23-11-15-5-2-3-6-16(15)12-23)20-18(24)17-13-21-7-4-8-22(17)10-9-21/h2-3,5-6,14,17H,4,7-13H2,1H3,(H,20,24)/t14-,17?/m0/s1. The summed E-state index contributed by atoms with van der Waals surface area (Å²) in [6.45, 7) is 7.89. The lowest BCUT2D eigenvalue weighted by atomic mass is 10.1. The highest BCUT2D eigenvalue weighted by Gasteiger charge is 2.36. The van der Waals surface area contributed by atoms with E-state index in [9.17, 15) is 9.59 Å². The first-order valence-electron chi connectivity index (χ1n) is 9.24. The van der Waals surface area contributed by atoms with E-state index in [4.69, 9.17) is 0 Å². The molecule has 0 aliphatic carbocycles. The summed E-state index contributed by atoms with van der Waals surface area (Å²) >= 11 is 0. The van der Waals surface area contributed by atoms with Gasteiger partial charge in [-0.05, 0) is 31.0 Å². The molecule has 2 amide bonds. The minimum Gasteiger partial charge on any atom is -0.343 e. The van der Waals surface area contributed by atoms with E-state index in [-0.39, 0.29) is 17.9 Å². The summed E-state index contributed by atoms with van der Waals surface area (Å²) < 4.78 is 0. The maximum atomic E-state index is 12.7. The molecule has 5 rings (SSSR count). The molecule has 6 heteroatoms. The normalized spacial score (nSPS) is 29.0. The Labute approximate surface area is 148 Å². The summed E-state index contributed by atoms with van der Waals surface area (Å²) in [4.78, 5) is 31.9. The van der Waals surface area contributed by atoms with Crippen LogP contribution in [-0.4, -0.2) is 71.3 Å². The number of benzene rings is 1. The molecule has 1 aromatic rings. The Kier molecular flexibility index (Phi) is 4.48. The van der Waals surface area contributed by atoms with Crippen LogP contribution >= 0.6 is 0 Å². The molecular formula is C19H26N4O2. The smallest absolute Gasteiger partial charge is 0.245 e. The van der Waals surface area contributed by atoms with Gasteiger partial charge in [-0.3, -0.25) is 19.4 Å². The van der Waals surface area contributed by atoms with Crippen LogP contribution in [0.5, 0.6) is 0 Å². The van der Waals surface area contributed by atoms with E-state index < -0.39 is 6.04 Å². The third-order valence-electron chi connectivity index (χ3n) is 5.68. The van der Waals surface area contributed by atoms with Gasteiger partial charge in [0, 0.05) is 39.3 Å². The highest BCUT2D eigenvalue weighted by atomic mass is 16.2. The molecule has 0 saturated carbocycles. The molecule has 3 fully saturated rings. The Morgan fingerprint density at radius 3 is 2.52 bits per heavy atom. The molecule has 3 unspecified atom stereocenters. The second kappa shape index (κ2) is 6.77. The summed E-state index contributed by atoms with van der Waals surface area (Å²) in [5, 5.41) is 2.97. The molecule has 2 bridgehead atoms. The average molecular weight is 342 g/mol. The van der Waals surface area contributed by atoms with Crippen LogP contribution in [0.25, 0.3) is 0 Å². The highest BCUT2D eigenvalue weighted by molar-refractivity contribution is 5.90. The van der Waals surface area contributed by atoms with Crippen LogP contribution in [0.4, 0.5) is 0 Å². The van der Waals surface area contributed by atoms with Crippen LogP contribution in [0, 0.1) is 0 Å². The average Bonchev–Trinajstić information content (AvgIpc) is 2.78. The van der Waals surface area contributed by atoms with Gasteiger partial charge in [-0.15, -0.1) is 0 Å². The van der Waals surface area contributed by atoms with Gasteiger partial charge in [0.25, 0.3) is 0 Å². The summed E-state index contributed by atoms with van der Waals surface area (Å²) in [5.41, 5.74) is 2.41. The fourth-order valence-corrected chi connectivity index (χ4v) is 4.23. The van der Waals surface area contributed by atoms with Crippen LogP contribution in [-0.2, 0) is 22.7 Å². The number of hydrogen-bond donors (Lipinski definition) is 1. The molecule has 0 spiro atoms. The van der Waals surface area contributed by atoms with Crippen molar-refractivity contribution in [1.82, 2.24) is 20.0 Å². The predicted molar refractivity (Wildman–Crippen MR) is 94.7 cm³/mol. The topological polar surface area (TPSA) is 55.9 Å². The van der Waals surface area contributed by atoms with Crippen molar-refractivity contribution in [2.24, 2.45) is 0 Å². The van der Waals surface area contributed by atoms with Gasteiger partial charge in [-0.25, -0.2) is 0 Å². The number of nitrogens with zero attached hydrogens (tertiary/aromatic N) is 3. The van der Waals surface area contributed by atoms with E-state index in [1.165, 1.54) is 11.1 Å². The molecular weight excluding hydrogens is 316 g/mol. The zero-order chi connectivity index (χ0) is 17.4. The number of amides is 2. The Balaban J connectivity index is 1.36. The second-order valence-electron chi connectivity index (χ2n) is 7.40. The monoisotopic (exact) mass is 342 g/mol. The molecule has 4 aliphatic heterocycles. The first-order valence-corrected chi connectivity index (χ1v) is 9.24. The lowest BCUT2D eigenvalue weighted by molar-refractivity contribution is -0.138. The molecule has 4 heterocycles. The fraction of sp³-hybridized carbons (Fsp3) is 0.579. The van der Waals surface area contributed by atoms with Crippen molar-refractivity contribution in [2.75, 3.05) is 32.7 Å². The SMILES string of the molecule is C[C@H](NC(=O)C1CN2CCCN1CC2)C(=O)N1Cc2ccccc2C1. The van der Waals surface area contributed by atoms with Crippen molar-refractivity contribution < 1.29 is 9.59 Å². The lowest BCUT2D eigenvalue weighted by Gasteiger charge is -2.37. The number of piperazine rings is 1. The predicted octanol–water partition coefficient (Wildman–Crippen LogP) is 0.423. The number of hydrogen-bond acceptors (Lipinski definition) is 4. The first kappa shape index (κ1) is 16.5. The maximum Gasteiger partial charge on any atom is 0.245 e.